The first-order valence-corrected chi connectivity index (χ1v) is 10.6. The molecule has 4 rings (SSSR count). The van der Waals surface area contributed by atoms with Crippen LogP contribution in [0, 0.1) is 5.92 Å². The Hall–Kier alpha value is -2.87. The van der Waals surface area contributed by atoms with Gasteiger partial charge in [0.2, 0.25) is 5.95 Å². The lowest BCUT2D eigenvalue weighted by atomic mass is 9.89. The molecule has 0 spiro atoms. The minimum absolute atomic E-state index is 0.000809. The number of carbonyl (C=O) groups is 1. The van der Waals surface area contributed by atoms with Gasteiger partial charge in [0.15, 0.2) is 0 Å². The van der Waals surface area contributed by atoms with E-state index in [-0.39, 0.29) is 33.9 Å². The Morgan fingerprint density at radius 1 is 1.06 bits per heavy atom. The Kier molecular flexibility index (Phi) is 6.00. The van der Waals surface area contributed by atoms with Crippen molar-refractivity contribution in [1.82, 2.24) is 9.97 Å². The maximum atomic E-state index is 12.3. The molecule has 1 aliphatic rings. The van der Waals surface area contributed by atoms with Gasteiger partial charge in [-0.3, -0.25) is 4.79 Å². The third-order valence-corrected chi connectivity index (χ3v) is 6.45. The fourth-order valence-corrected chi connectivity index (χ4v) is 4.49. The summed E-state index contributed by atoms with van der Waals surface area (Å²) in [4.78, 5) is 23.2. The minimum Gasteiger partial charge on any atom is -0.383 e. The summed E-state index contributed by atoms with van der Waals surface area (Å²) in [5, 5.41) is 0.581. The number of halogens is 2. The number of benzene rings is 2. The average Bonchev–Trinajstić information content (AvgIpc) is 3.20. The van der Waals surface area contributed by atoms with E-state index in [1.165, 1.54) is 5.56 Å². The Morgan fingerprint density at radius 2 is 1.81 bits per heavy atom. The second-order valence-electron chi connectivity index (χ2n) is 7.52. The summed E-state index contributed by atoms with van der Waals surface area (Å²) in [5.41, 5.74) is 19.9. The first-order chi connectivity index (χ1) is 14.9. The monoisotopic (exact) mass is 456 g/mol. The van der Waals surface area contributed by atoms with E-state index < -0.39 is 5.91 Å². The Labute approximate surface area is 190 Å². The molecule has 6 N–H and O–H groups in total. The van der Waals surface area contributed by atoms with Gasteiger partial charge in [-0.2, -0.15) is 4.98 Å². The maximum absolute atomic E-state index is 12.3. The fourth-order valence-electron chi connectivity index (χ4n) is 4.10. The van der Waals surface area contributed by atoms with Crippen LogP contribution in [0.1, 0.15) is 22.0 Å². The van der Waals surface area contributed by atoms with E-state index in [4.69, 9.17) is 40.4 Å². The number of nitrogen functional groups attached to an aromatic ring is 1. The van der Waals surface area contributed by atoms with Crippen LogP contribution in [0.4, 0.5) is 11.8 Å². The summed E-state index contributed by atoms with van der Waals surface area (Å²) in [7, 11) is 0. The van der Waals surface area contributed by atoms with Crippen molar-refractivity contribution in [2.24, 2.45) is 17.4 Å². The zero-order valence-electron chi connectivity index (χ0n) is 16.6. The molecule has 1 saturated heterocycles. The predicted molar refractivity (Wildman–Crippen MR) is 124 cm³/mol. The molecular weight excluding hydrogens is 435 g/mol. The number of nitrogens with zero attached hydrogens (tertiary/aromatic N) is 3. The number of hydrogen-bond donors (Lipinski definition) is 3. The largest absolute Gasteiger partial charge is 0.383 e. The van der Waals surface area contributed by atoms with Crippen molar-refractivity contribution in [3.63, 3.8) is 0 Å². The lowest BCUT2D eigenvalue weighted by Gasteiger charge is -2.19. The number of anilines is 2. The third kappa shape index (κ3) is 4.04. The molecule has 1 fully saturated rings. The molecule has 3 aromatic rings. The topological polar surface area (TPSA) is 124 Å². The zero-order chi connectivity index (χ0) is 22.1. The van der Waals surface area contributed by atoms with Gasteiger partial charge in [0.05, 0.1) is 15.6 Å². The van der Waals surface area contributed by atoms with Crippen LogP contribution in [-0.2, 0) is 0 Å². The Bertz CT molecular complexity index is 1120. The first kappa shape index (κ1) is 21.4. The summed E-state index contributed by atoms with van der Waals surface area (Å²) in [5.74, 6) is 0.150. The van der Waals surface area contributed by atoms with Crippen molar-refractivity contribution in [2.75, 3.05) is 30.3 Å². The first-order valence-electron chi connectivity index (χ1n) is 9.82. The molecule has 31 heavy (non-hydrogen) atoms. The zero-order valence-corrected chi connectivity index (χ0v) is 18.1. The highest BCUT2D eigenvalue weighted by Gasteiger charge is 2.35. The second kappa shape index (κ2) is 8.70. The van der Waals surface area contributed by atoms with Crippen LogP contribution in [0.5, 0.6) is 0 Å². The van der Waals surface area contributed by atoms with Crippen molar-refractivity contribution in [3.8, 4) is 11.1 Å². The molecule has 1 amide bonds. The maximum Gasteiger partial charge on any atom is 0.268 e. The van der Waals surface area contributed by atoms with E-state index in [2.05, 4.69) is 22.1 Å². The summed E-state index contributed by atoms with van der Waals surface area (Å²) in [6.07, 6.45) is 0. The Balaban J connectivity index is 1.75. The van der Waals surface area contributed by atoms with Crippen molar-refractivity contribution in [3.05, 3.63) is 69.8 Å². The van der Waals surface area contributed by atoms with Gasteiger partial charge in [0.1, 0.15) is 11.5 Å². The number of aromatic nitrogens is 2. The van der Waals surface area contributed by atoms with Gasteiger partial charge in [0, 0.05) is 24.6 Å². The van der Waals surface area contributed by atoms with Gasteiger partial charge in [-0.1, -0.05) is 65.7 Å². The fraction of sp³-hybridized carbons (Fsp3) is 0.227. The molecule has 0 bridgehead atoms. The van der Waals surface area contributed by atoms with Crippen LogP contribution in [-0.4, -0.2) is 35.5 Å². The Morgan fingerprint density at radius 3 is 2.48 bits per heavy atom. The predicted octanol–water partition coefficient (Wildman–Crippen LogP) is 3.31. The SMILES string of the molecule is NC[C@@H]1CN(c2nc(N)c(-c3cccc(Cl)c3Cl)c(C(N)=O)n2)C[C@H]1c1ccccc1. The van der Waals surface area contributed by atoms with Crippen LogP contribution in [0.25, 0.3) is 11.1 Å². The normalized spacial score (nSPS) is 18.4. The highest BCUT2D eigenvalue weighted by Crippen LogP contribution is 2.39. The molecule has 0 saturated carbocycles. The smallest absolute Gasteiger partial charge is 0.268 e. The highest BCUT2D eigenvalue weighted by atomic mass is 35.5. The number of amides is 1. The summed E-state index contributed by atoms with van der Waals surface area (Å²) in [6, 6.07) is 15.2. The van der Waals surface area contributed by atoms with E-state index in [1.807, 2.05) is 23.1 Å². The molecule has 1 aromatic heterocycles. The molecule has 0 radical (unpaired) electrons. The third-order valence-electron chi connectivity index (χ3n) is 5.63. The summed E-state index contributed by atoms with van der Waals surface area (Å²) in [6.45, 7) is 1.82. The van der Waals surface area contributed by atoms with Crippen molar-refractivity contribution in [1.29, 1.82) is 0 Å². The van der Waals surface area contributed by atoms with E-state index in [9.17, 15) is 4.79 Å². The van der Waals surface area contributed by atoms with E-state index >= 15 is 0 Å². The number of rotatable bonds is 5. The van der Waals surface area contributed by atoms with Gasteiger partial charge in [-0.15, -0.1) is 0 Å². The molecule has 1 aliphatic heterocycles. The minimum atomic E-state index is -0.726. The number of carbonyl (C=O) groups excluding carboxylic acids is 1. The molecule has 0 unspecified atom stereocenters. The van der Waals surface area contributed by atoms with Crippen LogP contribution < -0.4 is 22.1 Å². The molecule has 9 heteroatoms. The molecule has 160 valence electrons. The van der Waals surface area contributed by atoms with Crippen molar-refractivity contribution >= 4 is 40.9 Å². The van der Waals surface area contributed by atoms with Crippen molar-refractivity contribution < 1.29 is 4.79 Å². The molecule has 2 atom stereocenters. The lowest BCUT2D eigenvalue weighted by Crippen LogP contribution is -2.26. The molecular formula is C22H22Cl2N6O. The molecule has 0 aliphatic carbocycles. The quantitative estimate of drug-likeness (QED) is 0.540. The van der Waals surface area contributed by atoms with Gasteiger partial charge in [0.25, 0.3) is 5.91 Å². The highest BCUT2D eigenvalue weighted by molar-refractivity contribution is 6.44. The van der Waals surface area contributed by atoms with Crippen LogP contribution in [0.3, 0.4) is 0 Å². The van der Waals surface area contributed by atoms with E-state index in [0.29, 0.717) is 36.2 Å². The molecule has 2 heterocycles. The van der Waals surface area contributed by atoms with Gasteiger partial charge < -0.3 is 22.1 Å². The van der Waals surface area contributed by atoms with E-state index in [0.717, 1.165) is 0 Å². The average molecular weight is 457 g/mol. The standard InChI is InChI=1S/C22H22Cl2N6O/c23-16-8-4-7-14(18(16)24)17-19(21(27)31)28-22(29-20(17)26)30-10-13(9-25)15(11-30)12-5-2-1-3-6-12/h1-8,13,15H,9-11,25H2,(H2,27,31)(H2,26,28,29)/t13-,15+/m1/s1. The van der Waals surface area contributed by atoms with Crippen molar-refractivity contribution in [2.45, 2.75) is 5.92 Å². The molecule has 2 aromatic carbocycles. The van der Waals surface area contributed by atoms with Crippen LogP contribution >= 0.6 is 23.2 Å². The van der Waals surface area contributed by atoms with E-state index in [1.54, 1.807) is 18.2 Å². The molecule has 7 nitrogen and oxygen atoms in total. The second-order valence-corrected chi connectivity index (χ2v) is 8.30. The van der Waals surface area contributed by atoms with Gasteiger partial charge in [-0.25, -0.2) is 4.98 Å². The van der Waals surface area contributed by atoms with Gasteiger partial charge in [-0.05, 0) is 24.1 Å². The summed E-state index contributed by atoms with van der Waals surface area (Å²) >= 11 is 12.5. The number of primary amides is 1. The number of nitrogens with two attached hydrogens (primary N) is 3. The lowest BCUT2D eigenvalue weighted by molar-refractivity contribution is 0.0996. The van der Waals surface area contributed by atoms with Gasteiger partial charge >= 0.3 is 0 Å². The van der Waals surface area contributed by atoms with Crippen LogP contribution in [0.15, 0.2) is 48.5 Å². The summed E-state index contributed by atoms with van der Waals surface area (Å²) < 4.78 is 0. The van der Waals surface area contributed by atoms with Crippen LogP contribution in [0.2, 0.25) is 10.0 Å². The number of hydrogen-bond acceptors (Lipinski definition) is 6.